The first kappa shape index (κ1) is 13.0. The SMILES string of the molecule is COC(=O)c1ccnc(C#CC(C)(C)O)c1N. The third-order valence-electron chi connectivity index (χ3n) is 1.88. The standard InChI is InChI=1S/C12H14N2O3/c1-12(2,16)6-4-9-10(13)8(5-7-14-9)11(15)17-3/h5,7,16H,13H2,1-3H3. The summed E-state index contributed by atoms with van der Waals surface area (Å²) in [6.45, 7) is 3.08. The van der Waals surface area contributed by atoms with Gasteiger partial charge >= 0.3 is 5.97 Å². The Labute approximate surface area is 99.6 Å². The van der Waals surface area contributed by atoms with Crippen molar-refractivity contribution in [2.24, 2.45) is 0 Å². The lowest BCUT2D eigenvalue weighted by Gasteiger charge is -2.07. The van der Waals surface area contributed by atoms with E-state index in [9.17, 15) is 9.90 Å². The van der Waals surface area contributed by atoms with Crippen LogP contribution >= 0.6 is 0 Å². The largest absolute Gasteiger partial charge is 0.465 e. The highest BCUT2D eigenvalue weighted by Gasteiger charge is 2.13. The number of methoxy groups -OCH3 is 1. The summed E-state index contributed by atoms with van der Waals surface area (Å²) in [5, 5.41) is 9.46. The van der Waals surface area contributed by atoms with Crippen LogP contribution in [0.1, 0.15) is 29.9 Å². The van der Waals surface area contributed by atoms with E-state index in [1.165, 1.54) is 19.4 Å². The number of nitrogens with two attached hydrogens (primary N) is 1. The highest BCUT2D eigenvalue weighted by atomic mass is 16.5. The quantitative estimate of drug-likeness (QED) is 0.548. The molecule has 1 aromatic heterocycles. The first-order valence-electron chi connectivity index (χ1n) is 4.93. The van der Waals surface area contributed by atoms with Gasteiger partial charge in [-0.05, 0) is 25.8 Å². The zero-order valence-electron chi connectivity index (χ0n) is 9.94. The van der Waals surface area contributed by atoms with Gasteiger partial charge in [0, 0.05) is 6.20 Å². The molecule has 0 unspecified atom stereocenters. The van der Waals surface area contributed by atoms with E-state index in [0.717, 1.165) is 0 Å². The van der Waals surface area contributed by atoms with Crippen LogP contribution < -0.4 is 5.73 Å². The smallest absolute Gasteiger partial charge is 0.340 e. The Balaban J connectivity index is 3.19. The third-order valence-corrected chi connectivity index (χ3v) is 1.88. The van der Waals surface area contributed by atoms with E-state index in [4.69, 9.17) is 5.73 Å². The lowest BCUT2D eigenvalue weighted by molar-refractivity contribution is 0.0601. The molecule has 0 aliphatic carbocycles. The molecule has 17 heavy (non-hydrogen) atoms. The van der Waals surface area contributed by atoms with Crippen molar-refractivity contribution < 1.29 is 14.6 Å². The topological polar surface area (TPSA) is 85.4 Å². The fourth-order valence-electron chi connectivity index (χ4n) is 1.07. The molecule has 0 saturated heterocycles. The number of anilines is 1. The number of esters is 1. The normalized spacial score (nSPS) is 10.4. The van der Waals surface area contributed by atoms with Gasteiger partial charge in [-0.2, -0.15) is 0 Å². The zero-order chi connectivity index (χ0) is 13.1. The summed E-state index contributed by atoms with van der Waals surface area (Å²) in [7, 11) is 1.27. The minimum Gasteiger partial charge on any atom is -0.465 e. The average Bonchev–Trinajstić information content (AvgIpc) is 2.25. The van der Waals surface area contributed by atoms with Crippen LogP contribution in [-0.2, 0) is 4.74 Å². The Hall–Kier alpha value is -2.06. The van der Waals surface area contributed by atoms with Crippen LogP contribution in [0, 0.1) is 11.8 Å². The third kappa shape index (κ3) is 3.47. The van der Waals surface area contributed by atoms with Crippen LogP contribution in [0.4, 0.5) is 5.69 Å². The van der Waals surface area contributed by atoms with Crippen molar-refractivity contribution in [1.29, 1.82) is 0 Å². The number of nitrogen functional groups attached to an aromatic ring is 1. The molecule has 5 heteroatoms. The molecule has 0 spiro atoms. The molecule has 0 aromatic carbocycles. The van der Waals surface area contributed by atoms with E-state index in [1.807, 2.05) is 0 Å². The van der Waals surface area contributed by atoms with Crippen molar-refractivity contribution in [3.05, 3.63) is 23.5 Å². The Morgan fingerprint density at radius 3 is 2.76 bits per heavy atom. The molecule has 1 heterocycles. The molecule has 0 radical (unpaired) electrons. The second kappa shape index (κ2) is 4.85. The van der Waals surface area contributed by atoms with E-state index in [0.29, 0.717) is 0 Å². The molecule has 0 bridgehead atoms. The zero-order valence-corrected chi connectivity index (χ0v) is 9.94. The molecule has 3 N–H and O–H groups in total. The van der Waals surface area contributed by atoms with Crippen molar-refractivity contribution in [3.8, 4) is 11.8 Å². The number of rotatable bonds is 1. The Morgan fingerprint density at radius 2 is 2.24 bits per heavy atom. The van der Waals surface area contributed by atoms with Crippen molar-refractivity contribution in [2.45, 2.75) is 19.4 Å². The number of aromatic nitrogens is 1. The number of carbonyl (C=O) groups excluding carboxylic acids is 1. The maximum Gasteiger partial charge on any atom is 0.340 e. The van der Waals surface area contributed by atoms with Gasteiger partial charge in [0.05, 0.1) is 18.4 Å². The minimum absolute atomic E-state index is 0.149. The predicted octanol–water partition coefficient (Wildman–Crippen LogP) is 0.573. The summed E-state index contributed by atoms with van der Waals surface area (Å²) in [6.07, 6.45) is 1.41. The van der Waals surface area contributed by atoms with Crippen LogP contribution in [0.5, 0.6) is 0 Å². The molecule has 0 fully saturated rings. The van der Waals surface area contributed by atoms with Crippen molar-refractivity contribution >= 4 is 11.7 Å². The van der Waals surface area contributed by atoms with Gasteiger partial charge < -0.3 is 15.6 Å². The predicted molar refractivity (Wildman–Crippen MR) is 63.2 cm³/mol. The second-order valence-corrected chi connectivity index (χ2v) is 3.92. The summed E-state index contributed by atoms with van der Waals surface area (Å²) in [6, 6.07) is 1.45. The van der Waals surface area contributed by atoms with E-state index in [2.05, 4.69) is 21.6 Å². The van der Waals surface area contributed by atoms with Crippen LogP contribution in [-0.4, -0.2) is 28.8 Å². The summed E-state index contributed by atoms with van der Waals surface area (Å²) in [5.74, 6) is 4.66. The first-order chi connectivity index (χ1) is 7.85. The van der Waals surface area contributed by atoms with Crippen molar-refractivity contribution in [2.75, 3.05) is 12.8 Å². The molecule has 0 saturated carbocycles. The minimum atomic E-state index is -1.14. The molecule has 0 aliphatic heterocycles. The second-order valence-electron chi connectivity index (χ2n) is 3.92. The maximum absolute atomic E-state index is 11.4. The molecule has 0 amide bonds. The van der Waals surface area contributed by atoms with Crippen LogP contribution in [0.25, 0.3) is 0 Å². The lowest BCUT2D eigenvalue weighted by atomic mass is 10.1. The van der Waals surface area contributed by atoms with Gasteiger partial charge in [-0.1, -0.05) is 5.92 Å². The Kier molecular flexibility index (Phi) is 3.71. The average molecular weight is 234 g/mol. The molecule has 90 valence electrons. The highest BCUT2D eigenvalue weighted by molar-refractivity contribution is 5.95. The van der Waals surface area contributed by atoms with Gasteiger partial charge in [0.15, 0.2) is 0 Å². The number of aliphatic hydroxyl groups is 1. The molecule has 1 rings (SSSR count). The van der Waals surface area contributed by atoms with Gasteiger partial charge in [0.25, 0.3) is 0 Å². The van der Waals surface area contributed by atoms with E-state index in [-0.39, 0.29) is 16.9 Å². The summed E-state index contributed by atoms with van der Waals surface area (Å²) >= 11 is 0. The Bertz CT molecular complexity index is 493. The molecule has 0 aliphatic rings. The van der Waals surface area contributed by atoms with E-state index in [1.54, 1.807) is 13.8 Å². The molecule has 5 nitrogen and oxygen atoms in total. The summed E-state index contributed by atoms with van der Waals surface area (Å²) in [5.41, 5.74) is 5.20. The molecule has 1 aromatic rings. The van der Waals surface area contributed by atoms with E-state index >= 15 is 0 Å². The Morgan fingerprint density at radius 1 is 1.59 bits per heavy atom. The van der Waals surface area contributed by atoms with Gasteiger partial charge in [-0.25, -0.2) is 9.78 Å². The van der Waals surface area contributed by atoms with Gasteiger partial charge in [-0.3, -0.25) is 0 Å². The van der Waals surface area contributed by atoms with E-state index < -0.39 is 11.6 Å². The summed E-state index contributed by atoms with van der Waals surface area (Å²) in [4.78, 5) is 15.3. The van der Waals surface area contributed by atoms with Crippen LogP contribution in [0.3, 0.4) is 0 Å². The molecular formula is C12H14N2O3. The monoisotopic (exact) mass is 234 g/mol. The number of hydrogen-bond donors (Lipinski definition) is 2. The number of pyridine rings is 1. The molecule has 0 atom stereocenters. The van der Waals surface area contributed by atoms with Crippen LogP contribution in [0.15, 0.2) is 12.3 Å². The number of ether oxygens (including phenoxy) is 1. The highest BCUT2D eigenvalue weighted by Crippen LogP contribution is 2.15. The number of hydrogen-bond acceptors (Lipinski definition) is 5. The fourth-order valence-corrected chi connectivity index (χ4v) is 1.07. The number of carbonyl (C=O) groups is 1. The fraction of sp³-hybridized carbons (Fsp3) is 0.333. The van der Waals surface area contributed by atoms with Crippen molar-refractivity contribution in [3.63, 3.8) is 0 Å². The maximum atomic E-state index is 11.4. The number of nitrogens with zero attached hydrogens (tertiary/aromatic N) is 1. The van der Waals surface area contributed by atoms with Crippen molar-refractivity contribution in [1.82, 2.24) is 4.98 Å². The lowest BCUT2D eigenvalue weighted by Crippen LogP contribution is -2.15. The van der Waals surface area contributed by atoms with Crippen LogP contribution in [0.2, 0.25) is 0 Å². The summed E-state index contributed by atoms with van der Waals surface area (Å²) < 4.78 is 4.57. The van der Waals surface area contributed by atoms with Gasteiger partial charge in [0.2, 0.25) is 0 Å². The first-order valence-corrected chi connectivity index (χ1v) is 4.93. The van der Waals surface area contributed by atoms with Gasteiger partial charge in [-0.15, -0.1) is 0 Å². The van der Waals surface area contributed by atoms with Gasteiger partial charge in [0.1, 0.15) is 11.3 Å². The molecular weight excluding hydrogens is 220 g/mol.